The van der Waals surface area contributed by atoms with Crippen LogP contribution in [0.2, 0.25) is 0 Å². The third kappa shape index (κ3) is 6.61. The predicted octanol–water partition coefficient (Wildman–Crippen LogP) is 4.63. The van der Waals surface area contributed by atoms with Crippen molar-refractivity contribution in [1.29, 1.82) is 0 Å². The van der Waals surface area contributed by atoms with E-state index in [4.69, 9.17) is 18.9 Å². The number of phenols is 2. The Balaban J connectivity index is 1.47. The number of phenolic OH excluding ortho intramolecular Hbond substituents is 2. The van der Waals surface area contributed by atoms with Crippen LogP contribution in [0, 0.1) is 0 Å². The minimum absolute atomic E-state index is 0.0231. The molecule has 2 aromatic rings. The molecule has 0 amide bonds. The van der Waals surface area contributed by atoms with Crippen molar-refractivity contribution in [2.75, 3.05) is 27.4 Å². The highest BCUT2D eigenvalue weighted by Gasteiger charge is 2.35. The van der Waals surface area contributed by atoms with E-state index in [1.807, 2.05) is 18.2 Å². The van der Waals surface area contributed by atoms with Gasteiger partial charge in [0, 0.05) is 6.42 Å². The largest absolute Gasteiger partial charge is 0.504 e. The van der Waals surface area contributed by atoms with Crippen LogP contribution in [0.5, 0.6) is 28.7 Å². The molecule has 1 saturated carbocycles. The standard InChI is InChI=1S/C29H41NO7/c1-4-30-29(11-5-6-12-29)18-36-27-15-20(14-26(35-3)28(27)33)24-17-21(31)16-22(37-24)9-7-19-8-10-23(32)25(13-19)34-2/h8,10,13-15,21-22,24,30-33H,4-7,9,11-12,16-18H2,1-3H3/t21-,22-,24-/m0/s1. The number of aliphatic hydroxyl groups excluding tert-OH is 1. The summed E-state index contributed by atoms with van der Waals surface area (Å²) < 4.78 is 23.3. The molecule has 8 heteroatoms. The Morgan fingerprint density at radius 1 is 1.00 bits per heavy atom. The number of aromatic hydroxyl groups is 2. The molecule has 37 heavy (non-hydrogen) atoms. The Bertz CT molecular complexity index is 1040. The number of aliphatic hydroxyl groups is 1. The van der Waals surface area contributed by atoms with Crippen molar-refractivity contribution >= 4 is 0 Å². The molecule has 4 rings (SSSR count). The van der Waals surface area contributed by atoms with Crippen molar-refractivity contribution < 1.29 is 34.3 Å². The maximum atomic E-state index is 10.8. The molecule has 0 aromatic heterocycles. The quantitative estimate of drug-likeness (QED) is 0.343. The van der Waals surface area contributed by atoms with E-state index in [9.17, 15) is 15.3 Å². The van der Waals surface area contributed by atoms with E-state index in [2.05, 4.69) is 12.2 Å². The number of nitrogens with one attached hydrogen (secondary N) is 1. The van der Waals surface area contributed by atoms with Gasteiger partial charge in [-0.25, -0.2) is 0 Å². The second-order valence-electron chi connectivity index (χ2n) is 10.3. The Labute approximate surface area is 219 Å². The SMILES string of the molecule is CCNC1(COc2cc([C@@H]3C[C@@H](O)C[C@H](CCc4ccc(O)c(OC)c4)O3)cc(OC)c2O)CCCC1. The summed E-state index contributed by atoms with van der Waals surface area (Å²) in [5.41, 5.74) is 1.76. The zero-order valence-corrected chi connectivity index (χ0v) is 22.2. The fraction of sp³-hybridized carbons (Fsp3) is 0.586. The van der Waals surface area contributed by atoms with Gasteiger partial charge in [-0.05, 0) is 74.0 Å². The normalized spacial score (nSPS) is 23.1. The number of ether oxygens (including phenoxy) is 4. The van der Waals surface area contributed by atoms with Gasteiger partial charge in [-0.3, -0.25) is 0 Å². The molecule has 0 spiro atoms. The van der Waals surface area contributed by atoms with Crippen LogP contribution < -0.4 is 19.5 Å². The van der Waals surface area contributed by atoms with Gasteiger partial charge in [-0.2, -0.15) is 0 Å². The first-order chi connectivity index (χ1) is 17.9. The fourth-order valence-electron chi connectivity index (χ4n) is 5.66. The van der Waals surface area contributed by atoms with Gasteiger partial charge >= 0.3 is 0 Å². The van der Waals surface area contributed by atoms with Crippen molar-refractivity contribution in [1.82, 2.24) is 5.32 Å². The van der Waals surface area contributed by atoms with Gasteiger partial charge in [-0.1, -0.05) is 25.8 Å². The smallest absolute Gasteiger partial charge is 0.200 e. The van der Waals surface area contributed by atoms with Gasteiger partial charge in [0.05, 0.1) is 38.1 Å². The van der Waals surface area contributed by atoms with E-state index in [0.717, 1.165) is 49.8 Å². The molecular formula is C29H41NO7. The lowest BCUT2D eigenvalue weighted by Gasteiger charge is -2.34. The second kappa shape index (κ2) is 12.2. The van der Waals surface area contributed by atoms with E-state index in [0.29, 0.717) is 43.1 Å². The zero-order chi connectivity index (χ0) is 26.4. The number of hydrogen-bond donors (Lipinski definition) is 4. The van der Waals surface area contributed by atoms with Crippen LogP contribution in [0.4, 0.5) is 0 Å². The summed E-state index contributed by atoms with van der Waals surface area (Å²) >= 11 is 0. The summed E-state index contributed by atoms with van der Waals surface area (Å²) in [6.07, 6.45) is 5.87. The summed E-state index contributed by atoms with van der Waals surface area (Å²) in [5, 5.41) is 34.9. The lowest BCUT2D eigenvalue weighted by molar-refractivity contribution is -0.0999. The molecule has 3 atom stereocenters. The third-order valence-electron chi connectivity index (χ3n) is 7.65. The fourth-order valence-corrected chi connectivity index (χ4v) is 5.66. The van der Waals surface area contributed by atoms with Gasteiger partial charge < -0.3 is 39.6 Å². The van der Waals surface area contributed by atoms with Crippen LogP contribution in [0.3, 0.4) is 0 Å². The predicted molar refractivity (Wildman–Crippen MR) is 141 cm³/mol. The highest BCUT2D eigenvalue weighted by Crippen LogP contribution is 2.43. The van der Waals surface area contributed by atoms with Crippen LogP contribution in [0.15, 0.2) is 30.3 Å². The highest BCUT2D eigenvalue weighted by atomic mass is 16.5. The van der Waals surface area contributed by atoms with Gasteiger partial charge in [-0.15, -0.1) is 0 Å². The summed E-state index contributed by atoms with van der Waals surface area (Å²) in [6.45, 7) is 3.43. The maximum absolute atomic E-state index is 10.8. The van der Waals surface area contributed by atoms with Gasteiger partial charge in [0.2, 0.25) is 5.75 Å². The minimum Gasteiger partial charge on any atom is -0.504 e. The molecule has 0 unspecified atom stereocenters. The van der Waals surface area contributed by atoms with E-state index >= 15 is 0 Å². The molecule has 2 fully saturated rings. The average molecular weight is 516 g/mol. The molecule has 0 bridgehead atoms. The molecule has 1 aliphatic carbocycles. The summed E-state index contributed by atoms with van der Waals surface area (Å²) in [5.74, 6) is 1.23. The first-order valence-electron chi connectivity index (χ1n) is 13.3. The summed E-state index contributed by atoms with van der Waals surface area (Å²) in [7, 11) is 3.05. The topological polar surface area (TPSA) is 110 Å². The summed E-state index contributed by atoms with van der Waals surface area (Å²) in [4.78, 5) is 0. The Morgan fingerprint density at radius 3 is 2.43 bits per heavy atom. The molecule has 0 radical (unpaired) electrons. The molecule has 2 aromatic carbocycles. The van der Waals surface area contributed by atoms with E-state index in [1.54, 1.807) is 12.1 Å². The van der Waals surface area contributed by atoms with Gasteiger partial charge in [0.25, 0.3) is 0 Å². The average Bonchev–Trinajstić information content (AvgIpc) is 3.36. The Kier molecular flexibility index (Phi) is 9.05. The highest BCUT2D eigenvalue weighted by molar-refractivity contribution is 5.53. The second-order valence-corrected chi connectivity index (χ2v) is 10.3. The molecule has 4 N–H and O–H groups in total. The van der Waals surface area contributed by atoms with Crippen molar-refractivity contribution in [2.24, 2.45) is 0 Å². The van der Waals surface area contributed by atoms with E-state index < -0.39 is 6.10 Å². The Morgan fingerprint density at radius 2 is 1.73 bits per heavy atom. The van der Waals surface area contributed by atoms with Crippen LogP contribution in [-0.2, 0) is 11.2 Å². The lowest BCUT2D eigenvalue weighted by atomic mass is 9.93. The van der Waals surface area contributed by atoms with Crippen molar-refractivity contribution in [2.45, 2.75) is 82.1 Å². The van der Waals surface area contributed by atoms with Crippen LogP contribution in [-0.4, -0.2) is 60.4 Å². The Hall–Kier alpha value is -2.68. The number of likely N-dealkylation sites (N-methyl/N-ethyl adjacent to an activating group) is 1. The van der Waals surface area contributed by atoms with Gasteiger partial charge in [0.1, 0.15) is 6.61 Å². The minimum atomic E-state index is -0.502. The molecule has 2 aliphatic rings. The molecule has 1 saturated heterocycles. The van der Waals surface area contributed by atoms with E-state index in [1.165, 1.54) is 14.2 Å². The molecule has 1 heterocycles. The zero-order valence-electron chi connectivity index (χ0n) is 22.2. The summed E-state index contributed by atoms with van der Waals surface area (Å²) in [6, 6.07) is 8.90. The number of methoxy groups -OCH3 is 2. The number of benzene rings is 2. The lowest BCUT2D eigenvalue weighted by Crippen LogP contribution is -2.47. The van der Waals surface area contributed by atoms with Crippen LogP contribution in [0.25, 0.3) is 0 Å². The number of rotatable bonds is 11. The number of aryl methyl sites for hydroxylation is 1. The maximum Gasteiger partial charge on any atom is 0.200 e. The monoisotopic (exact) mass is 515 g/mol. The van der Waals surface area contributed by atoms with Crippen LogP contribution in [0.1, 0.15) is 69.1 Å². The molecule has 8 nitrogen and oxygen atoms in total. The van der Waals surface area contributed by atoms with Crippen molar-refractivity contribution in [3.63, 3.8) is 0 Å². The molecule has 204 valence electrons. The molecule has 1 aliphatic heterocycles. The first kappa shape index (κ1) is 27.4. The number of hydrogen-bond acceptors (Lipinski definition) is 8. The first-order valence-corrected chi connectivity index (χ1v) is 13.3. The van der Waals surface area contributed by atoms with Crippen molar-refractivity contribution in [3.8, 4) is 28.7 Å². The van der Waals surface area contributed by atoms with Crippen molar-refractivity contribution in [3.05, 3.63) is 41.5 Å². The van der Waals surface area contributed by atoms with E-state index in [-0.39, 0.29) is 29.2 Å². The third-order valence-corrected chi connectivity index (χ3v) is 7.65. The van der Waals surface area contributed by atoms with Gasteiger partial charge in [0.15, 0.2) is 23.0 Å². The molecular weight excluding hydrogens is 474 g/mol. The van der Waals surface area contributed by atoms with Crippen LogP contribution >= 0.6 is 0 Å².